The Morgan fingerprint density at radius 3 is 2.15 bits per heavy atom. The van der Waals surface area contributed by atoms with Crippen molar-refractivity contribution < 1.29 is 4.79 Å². The van der Waals surface area contributed by atoms with Crippen molar-refractivity contribution in [3.8, 4) is 0 Å². The molecule has 0 atom stereocenters. The zero-order valence-corrected chi connectivity index (χ0v) is 11.3. The molecule has 0 unspecified atom stereocenters. The maximum absolute atomic E-state index is 10.9. The van der Waals surface area contributed by atoms with Crippen LogP contribution in [-0.2, 0) is 10.2 Å². The van der Waals surface area contributed by atoms with E-state index < -0.39 is 0 Å². The Bertz CT molecular complexity index is 664. The molecule has 0 spiro atoms. The van der Waals surface area contributed by atoms with Crippen LogP contribution in [0.5, 0.6) is 0 Å². The molecule has 0 heterocycles. The van der Waals surface area contributed by atoms with Gasteiger partial charge in [0.1, 0.15) is 6.29 Å². The minimum Gasteiger partial charge on any atom is -0.299 e. The molecule has 0 amide bonds. The molecule has 0 aromatic heterocycles. The number of allylic oxidation sites excluding steroid dienone is 2. The Kier molecular flexibility index (Phi) is 2.43. The molecule has 1 nitrogen and oxygen atoms in total. The molecule has 5 rings (SSSR count). The van der Waals surface area contributed by atoms with Gasteiger partial charge >= 0.3 is 0 Å². The van der Waals surface area contributed by atoms with E-state index in [1.165, 1.54) is 22.3 Å². The largest absolute Gasteiger partial charge is 0.299 e. The van der Waals surface area contributed by atoms with Crippen molar-refractivity contribution in [1.82, 2.24) is 0 Å². The van der Waals surface area contributed by atoms with Gasteiger partial charge in [0.2, 0.25) is 0 Å². The van der Waals surface area contributed by atoms with Crippen molar-refractivity contribution in [2.45, 2.75) is 24.2 Å². The number of carbonyl (C=O) groups is 1. The van der Waals surface area contributed by atoms with Crippen molar-refractivity contribution in [2.75, 3.05) is 0 Å². The van der Waals surface area contributed by atoms with Crippen molar-refractivity contribution in [3.05, 3.63) is 82.9 Å². The minimum atomic E-state index is -0.108. The van der Waals surface area contributed by atoms with Gasteiger partial charge in [-0.05, 0) is 41.2 Å². The molecule has 0 N–H and O–H groups in total. The SMILES string of the molecule is O=CC=CC12CCC(c3ccccc31)c1ccccc12. The lowest BCUT2D eigenvalue weighted by atomic mass is 9.55. The molecule has 2 aromatic carbocycles. The number of rotatable bonds is 2. The van der Waals surface area contributed by atoms with Crippen molar-refractivity contribution >= 4 is 6.29 Å². The highest BCUT2D eigenvalue weighted by Crippen LogP contribution is 2.56. The van der Waals surface area contributed by atoms with Crippen LogP contribution in [0, 0.1) is 0 Å². The van der Waals surface area contributed by atoms with Crippen LogP contribution in [0.3, 0.4) is 0 Å². The van der Waals surface area contributed by atoms with E-state index >= 15 is 0 Å². The second kappa shape index (κ2) is 4.17. The van der Waals surface area contributed by atoms with Crippen molar-refractivity contribution in [3.63, 3.8) is 0 Å². The van der Waals surface area contributed by atoms with E-state index in [0.29, 0.717) is 5.92 Å². The second-order valence-electron chi connectivity index (χ2n) is 5.73. The third-order valence-corrected chi connectivity index (χ3v) is 4.92. The van der Waals surface area contributed by atoms with Gasteiger partial charge in [0.25, 0.3) is 0 Å². The highest BCUT2D eigenvalue weighted by Gasteiger charge is 2.46. The summed E-state index contributed by atoms with van der Waals surface area (Å²) in [6.45, 7) is 0. The number of aldehydes is 1. The Hall–Kier alpha value is -2.15. The second-order valence-corrected chi connectivity index (χ2v) is 5.73. The van der Waals surface area contributed by atoms with E-state index in [0.717, 1.165) is 19.1 Å². The first-order valence-corrected chi connectivity index (χ1v) is 7.18. The maximum atomic E-state index is 10.9. The molecule has 0 fully saturated rings. The molecular formula is C19H16O. The Morgan fingerprint density at radius 2 is 1.55 bits per heavy atom. The predicted molar refractivity (Wildman–Crippen MR) is 79.9 cm³/mol. The van der Waals surface area contributed by atoms with Crippen molar-refractivity contribution in [1.29, 1.82) is 0 Å². The van der Waals surface area contributed by atoms with Crippen LogP contribution >= 0.6 is 0 Å². The van der Waals surface area contributed by atoms with Crippen LogP contribution in [0.2, 0.25) is 0 Å². The molecule has 0 saturated heterocycles. The number of carbonyl (C=O) groups excluding carboxylic acids is 1. The fourth-order valence-corrected chi connectivity index (χ4v) is 4.15. The van der Waals surface area contributed by atoms with E-state index in [1.54, 1.807) is 6.08 Å². The smallest absolute Gasteiger partial charge is 0.142 e. The van der Waals surface area contributed by atoms with Gasteiger partial charge in [-0.3, -0.25) is 4.79 Å². The Labute approximate surface area is 119 Å². The first kappa shape index (κ1) is 11.7. The molecule has 3 aliphatic carbocycles. The van der Waals surface area contributed by atoms with Gasteiger partial charge in [-0.25, -0.2) is 0 Å². The highest BCUT2D eigenvalue weighted by atomic mass is 16.1. The third-order valence-electron chi connectivity index (χ3n) is 4.92. The van der Waals surface area contributed by atoms with Crippen LogP contribution in [0.15, 0.2) is 60.7 Å². The quantitative estimate of drug-likeness (QED) is 0.590. The molecule has 0 aliphatic heterocycles. The van der Waals surface area contributed by atoms with E-state index in [2.05, 4.69) is 54.6 Å². The summed E-state index contributed by atoms with van der Waals surface area (Å²) < 4.78 is 0. The number of hydrogen-bond donors (Lipinski definition) is 0. The average molecular weight is 260 g/mol. The fraction of sp³-hybridized carbons (Fsp3) is 0.211. The summed E-state index contributed by atoms with van der Waals surface area (Å²) in [6.07, 6.45) is 6.92. The molecule has 20 heavy (non-hydrogen) atoms. The van der Waals surface area contributed by atoms with Gasteiger partial charge in [0.05, 0.1) is 0 Å². The molecule has 2 aromatic rings. The molecule has 3 aliphatic rings. The molecule has 98 valence electrons. The van der Waals surface area contributed by atoms with E-state index in [-0.39, 0.29) is 5.41 Å². The van der Waals surface area contributed by atoms with E-state index in [4.69, 9.17) is 0 Å². The van der Waals surface area contributed by atoms with Crippen LogP contribution in [0.1, 0.15) is 41.0 Å². The molecule has 1 heteroatoms. The monoisotopic (exact) mass is 260 g/mol. The predicted octanol–water partition coefficient (Wildman–Crippen LogP) is 3.97. The summed E-state index contributed by atoms with van der Waals surface area (Å²) in [5.74, 6) is 0.522. The summed E-state index contributed by atoms with van der Waals surface area (Å²) in [4.78, 5) is 10.9. The lowest BCUT2D eigenvalue weighted by Crippen LogP contribution is -2.38. The Balaban J connectivity index is 2.07. The molecular weight excluding hydrogens is 244 g/mol. The molecule has 0 saturated carbocycles. The zero-order valence-electron chi connectivity index (χ0n) is 11.3. The maximum Gasteiger partial charge on any atom is 0.142 e. The fourth-order valence-electron chi connectivity index (χ4n) is 4.15. The third kappa shape index (κ3) is 1.35. The summed E-state index contributed by atoms with van der Waals surface area (Å²) in [5.41, 5.74) is 5.53. The van der Waals surface area contributed by atoms with E-state index in [1.807, 2.05) is 0 Å². The summed E-state index contributed by atoms with van der Waals surface area (Å²) in [5, 5.41) is 0. The van der Waals surface area contributed by atoms with Crippen LogP contribution < -0.4 is 0 Å². The van der Waals surface area contributed by atoms with Gasteiger partial charge in [-0.15, -0.1) is 0 Å². The summed E-state index contributed by atoms with van der Waals surface area (Å²) >= 11 is 0. The highest BCUT2D eigenvalue weighted by molar-refractivity contribution is 5.68. The van der Waals surface area contributed by atoms with Gasteiger partial charge < -0.3 is 0 Å². The number of benzene rings is 2. The topological polar surface area (TPSA) is 17.1 Å². The number of hydrogen-bond acceptors (Lipinski definition) is 1. The Morgan fingerprint density at radius 1 is 0.950 bits per heavy atom. The first-order chi connectivity index (χ1) is 9.87. The van der Waals surface area contributed by atoms with Gasteiger partial charge in [-0.2, -0.15) is 0 Å². The zero-order chi connectivity index (χ0) is 13.6. The van der Waals surface area contributed by atoms with Gasteiger partial charge in [0, 0.05) is 11.3 Å². The normalized spacial score (nSPS) is 26.3. The number of fused-ring (bicyclic) bond motifs is 1. The van der Waals surface area contributed by atoms with Gasteiger partial charge in [0.15, 0.2) is 0 Å². The molecule has 0 radical (unpaired) electrons. The van der Waals surface area contributed by atoms with Crippen LogP contribution in [-0.4, -0.2) is 6.29 Å². The average Bonchev–Trinajstić information content (AvgIpc) is 2.54. The van der Waals surface area contributed by atoms with Gasteiger partial charge in [-0.1, -0.05) is 54.6 Å². The van der Waals surface area contributed by atoms with Crippen LogP contribution in [0.25, 0.3) is 0 Å². The summed E-state index contributed by atoms with van der Waals surface area (Å²) in [7, 11) is 0. The van der Waals surface area contributed by atoms with Crippen LogP contribution in [0.4, 0.5) is 0 Å². The minimum absolute atomic E-state index is 0.108. The molecule has 2 bridgehead atoms. The lowest BCUT2D eigenvalue weighted by molar-refractivity contribution is -0.104. The lowest BCUT2D eigenvalue weighted by Gasteiger charge is -2.48. The van der Waals surface area contributed by atoms with E-state index in [9.17, 15) is 4.79 Å². The van der Waals surface area contributed by atoms with Crippen molar-refractivity contribution in [2.24, 2.45) is 0 Å². The standard InChI is InChI=1S/C19H16O/c20-13-5-11-19-12-10-14(15-6-1-3-8-17(15)19)16-7-2-4-9-18(16)19/h1-9,11,13-14H,10,12H2. The summed E-state index contributed by atoms with van der Waals surface area (Å²) in [6, 6.07) is 17.4. The first-order valence-electron chi connectivity index (χ1n) is 7.18.